The van der Waals surface area contributed by atoms with Crippen LogP contribution in [0, 0.1) is 0 Å². The van der Waals surface area contributed by atoms with E-state index in [0.717, 1.165) is 5.69 Å². The highest BCUT2D eigenvalue weighted by molar-refractivity contribution is 7.79. The number of nitrogens with zero attached hydrogens (tertiary/aromatic N) is 2. The summed E-state index contributed by atoms with van der Waals surface area (Å²) < 4.78 is 5.95. The average molecular weight is 408 g/mol. The summed E-state index contributed by atoms with van der Waals surface area (Å²) in [5.74, 6) is 0.624. The Morgan fingerprint density at radius 1 is 0.700 bits per heavy atom. The zero-order chi connectivity index (χ0) is 20.2. The molecule has 146 valence electrons. The van der Waals surface area contributed by atoms with E-state index in [2.05, 4.69) is 89.9 Å². The Balaban J connectivity index is 1.59. The second kappa shape index (κ2) is 8.61. The van der Waals surface area contributed by atoms with Gasteiger partial charge in [-0.15, -0.1) is 0 Å². The van der Waals surface area contributed by atoms with E-state index in [4.69, 9.17) is 9.73 Å². The Hall–Kier alpha value is -3.29. The smallest absolute Gasteiger partial charge is 0.236 e. The number of hydrogen-bond acceptors (Lipinski definition) is 3. The van der Waals surface area contributed by atoms with Crippen molar-refractivity contribution in [2.75, 3.05) is 6.61 Å². The zero-order valence-electron chi connectivity index (χ0n) is 16.4. The molecule has 1 aliphatic heterocycles. The molecule has 0 N–H and O–H groups in total. The molecule has 1 atom stereocenters. The maximum absolute atomic E-state index is 5.95. The first-order chi connectivity index (χ1) is 14.9. The van der Waals surface area contributed by atoms with Crippen molar-refractivity contribution >= 4 is 29.7 Å². The van der Waals surface area contributed by atoms with E-state index in [-0.39, 0.29) is 6.04 Å². The van der Waals surface area contributed by atoms with E-state index in [9.17, 15) is 0 Å². The Kier molecular flexibility index (Phi) is 5.37. The van der Waals surface area contributed by atoms with Gasteiger partial charge in [0.25, 0.3) is 0 Å². The van der Waals surface area contributed by atoms with Crippen LogP contribution in [-0.2, 0) is 4.74 Å². The van der Waals surface area contributed by atoms with Crippen LogP contribution < -0.4 is 15.9 Å². The molecule has 4 aromatic rings. The lowest BCUT2D eigenvalue weighted by molar-refractivity contribution is 0.319. The number of hydrogen-bond donors (Lipinski definition) is 0. The highest BCUT2D eigenvalue weighted by atomic mass is 31.1. The maximum Gasteiger partial charge on any atom is 0.236 e. The minimum atomic E-state index is -0.692. The van der Waals surface area contributed by atoms with E-state index in [0.29, 0.717) is 12.5 Å². The minimum absolute atomic E-state index is 0.0318. The molecule has 0 fully saturated rings. The Labute approximate surface area is 177 Å². The lowest BCUT2D eigenvalue weighted by Crippen LogP contribution is -2.24. The fourth-order valence-electron chi connectivity index (χ4n) is 3.72. The molecule has 30 heavy (non-hydrogen) atoms. The van der Waals surface area contributed by atoms with Crippen LogP contribution >= 0.6 is 7.92 Å². The molecule has 0 radical (unpaired) electrons. The minimum Gasteiger partial charge on any atom is -0.474 e. The zero-order valence-corrected chi connectivity index (χ0v) is 17.3. The van der Waals surface area contributed by atoms with E-state index in [1.165, 1.54) is 21.5 Å². The van der Waals surface area contributed by atoms with Crippen LogP contribution in [0.2, 0.25) is 0 Å². The monoisotopic (exact) mass is 408 g/mol. The number of ether oxygens (including phenoxy) is 1. The highest BCUT2D eigenvalue weighted by Crippen LogP contribution is 2.37. The summed E-state index contributed by atoms with van der Waals surface area (Å²) >= 11 is 0. The predicted octanol–water partition coefficient (Wildman–Crippen LogP) is 4.36. The largest absolute Gasteiger partial charge is 0.474 e. The summed E-state index contributed by atoms with van der Waals surface area (Å²) in [5, 5.41) is 3.99. The lowest BCUT2D eigenvalue weighted by atomic mass is 10.1. The van der Waals surface area contributed by atoms with Crippen molar-refractivity contribution in [3.63, 3.8) is 0 Å². The van der Waals surface area contributed by atoms with Crippen molar-refractivity contribution in [3.05, 3.63) is 121 Å². The van der Waals surface area contributed by atoms with Crippen LogP contribution in [0.3, 0.4) is 0 Å². The lowest BCUT2D eigenvalue weighted by Gasteiger charge is -2.23. The molecule has 0 bridgehead atoms. The van der Waals surface area contributed by atoms with Crippen LogP contribution in [0.1, 0.15) is 17.3 Å². The first kappa shape index (κ1) is 18.7. The molecule has 0 saturated carbocycles. The molecule has 3 nitrogen and oxygen atoms in total. The summed E-state index contributed by atoms with van der Waals surface area (Å²) in [7, 11) is -0.692. The number of aliphatic imine (C=N–C) groups is 1. The number of aromatic nitrogens is 1. The average Bonchev–Trinajstić information content (AvgIpc) is 3.32. The van der Waals surface area contributed by atoms with Gasteiger partial charge in [-0.3, -0.25) is 4.98 Å². The van der Waals surface area contributed by atoms with Gasteiger partial charge in [-0.2, -0.15) is 0 Å². The van der Waals surface area contributed by atoms with Crippen molar-refractivity contribution in [2.24, 2.45) is 4.99 Å². The third-order valence-corrected chi connectivity index (χ3v) is 7.62. The second-order valence-electron chi connectivity index (χ2n) is 7.04. The van der Waals surface area contributed by atoms with E-state index in [1.54, 1.807) is 6.20 Å². The highest BCUT2D eigenvalue weighted by Gasteiger charge is 2.27. The van der Waals surface area contributed by atoms with Crippen LogP contribution in [-0.4, -0.2) is 17.5 Å². The van der Waals surface area contributed by atoms with Crippen molar-refractivity contribution < 1.29 is 4.74 Å². The SMILES string of the molecule is c1ccc(P(c2ccccc2)c2ccccc2[C@H]2COC(c3ccccn3)=N2)cc1. The molecule has 4 heteroatoms. The van der Waals surface area contributed by atoms with Gasteiger partial charge in [0.2, 0.25) is 5.90 Å². The molecule has 0 spiro atoms. The van der Waals surface area contributed by atoms with E-state index < -0.39 is 7.92 Å². The molecule has 5 rings (SSSR count). The molecule has 2 heterocycles. The summed E-state index contributed by atoms with van der Waals surface area (Å²) in [4.78, 5) is 9.29. The topological polar surface area (TPSA) is 34.5 Å². The summed E-state index contributed by atoms with van der Waals surface area (Å²) in [5.41, 5.74) is 2.01. The molecule has 0 amide bonds. The Bertz CT molecular complexity index is 1110. The number of rotatable bonds is 5. The second-order valence-corrected chi connectivity index (χ2v) is 9.23. The van der Waals surface area contributed by atoms with Crippen LogP contribution in [0.4, 0.5) is 0 Å². The van der Waals surface area contributed by atoms with Gasteiger partial charge >= 0.3 is 0 Å². The first-order valence-corrected chi connectivity index (χ1v) is 11.4. The molecule has 1 aliphatic rings. The fraction of sp³-hybridized carbons (Fsp3) is 0.0769. The first-order valence-electron chi connectivity index (χ1n) is 10.0. The van der Waals surface area contributed by atoms with Crippen LogP contribution in [0.25, 0.3) is 0 Å². The van der Waals surface area contributed by atoms with Gasteiger partial charge in [0.1, 0.15) is 18.3 Å². The summed E-state index contributed by atoms with van der Waals surface area (Å²) in [6.45, 7) is 0.537. The molecular formula is C26H21N2OP. The molecule has 0 aliphatic carbocycles. The van der Waals surface area contributed by atoms with Gasteiger partial charge in [-0.05, 0) is 41.5 Å². The fourth-order valence-corrected chi connectivity index (χ4v) is 6.23. The van der Waals surface area contributed by atoms with Crippen molar-refractivity contribution in [1.82, 2.24) is 4.98 Å². The van der Waals surface area contributed by atoms with Crippen LogP contribution in [0.15, 0.2) is 114 Å². The van der Waals surface area contributed by atoms with Crippen molar-refractivity contribution in [3.8, 4) is 0 Å². The standard InChI is InChI=1S/C26H21N2OP/c1-3-11-20(12-4-1)30(21-13-5-2-6-14-21)25-17-8-7-15-22(25)24-19-29-26(28-24)23-16-9-10-18-27-23/h1-18,24H,19H2/t24-/m1/s1. The van der Waals surface area contributed by atoms with Crippen molar-refractivity contribution in [2.45, 2.75) is 6.04 Å². The van der Waals surface area contributed by atoms with Crippen molar-refractivity contribution in [1.29, 1.82) is 0 Å². The molecule has 3 aromatic carbocycles. The van der Waals surface area contributed by atoms with E-state index >= 15 is 0 Å². The third-order valence-electron chi connectivity index (χ3n) is 5.10. The van der Waals surface area contributed by atoms with Gasteiger partial charge in [0.05, 0.1) is 0 Å². The Morgan fingerprint density at radius 3 is 2.00 bits per heavy atom. The predicted molar refractivity (Wildman–Crippen MR) is 125 cm³/mol. The molecular weight excluding hydrogens is 387 g/mol. The summed E-state index contributed by atoms with van der Waals surface area (Å²) in [6, 6.07) is 35.9. The Morgan fingerprint density at radius 2 is 1.33 bits per heavy atom. The van der Waals surface area contributed by atoms with Crippen LogP contribution in [0.5, 0.6) is 0 Å². The number of pyridine rings is 1. The van der Waals surface area contributed by atoms with E-state index in [1.807, 2.05) is 18.2 Å². The van der Waals surface area contributed by atoms with Gasteiger partial charge in [-0.25, -0.2) is 4.99 Å². The quantitative estimate of drug-likeness (QED) is 0.460. The molecule has 1 aromatic heterocycles. The number of benzene rings is 3. The summed E-state index contributed by atoms with van der Waals surface area (Å²) in [6.07, 6.45) is 1.77. The van der Waals surface area contributed by atoms with Gasteiger partial charge in [0.15, 0.2) is 0 Å². The molecule has 0 unspecified atom stereocenters. The molecule has 0 saturated heterocycles. The van der Waals surface area contributed by atoms with Gasteiger partial charge in [0, 0.05) is 6.20 Å². The normalized spacial score (nSPS) is 15.6. The van der Waals surface area contributed by atoms with Gasteiger partial charge < -0.3 is 4.74 Å². The third kappa shape index (κ3) is 3.77. The maximum atomic E-state index is 5.95. The van der Waals surface area contributed by atoms with Gasteiger partial charge in [-0.1, -0.05) is 91.0 Å².